The predicted molar refractivity (Wildman–Crippen MR) is 178 cm³/mol. The molecule has 0 aromatic carbocycles. The average Bonchev–Trinajstić information content (AvgIpc) is 3.03. The predicted octanol–water partition coefficient (Wildman–Crippen LogP) is 9.21. The van der Waals surface area contributed by atoms with Crippen LogP contribution in [0.4, 0.5) is 0 Å². The molecule has 1 saturated carbocycles. The summed E-state index contributed by atoms with van der Waals surface area (Å²) in [6, 6.07) is 0. The molecule has 1 aliphatic rings. The van der Waals surface area contributed by atoms with E-state index in [0.717, 1.165) is 77.0 Å². The number of ether oxygens (including phenoxy) is 3. The standard InChI is InChI=1S/C37H66O8/c1-4-7-10-13-16-19-22-25-43-35(40)31-29-33(37(42)45-27-24-21-18-15-12-9-6-3)32(28-30(31)34(38)39)36(41)44-26-23-20-17-14-11-8-5-2/h30-33H,4-29H2,1-3H3,(H,38,39). The molecule has 0 heterocycles. The lowest BCUT2D eigenvalue weighted by Crippen LogP contribution is -2.46. The highest BCUT2D eigenvalue weighted by Gasteiger charge is 2.50. The Labute approximate surface area is 274 Å². The molecular formula is C37H66O8. The van der Waals surface area contributed by atoms with Gasteiger partial charge in [0.15, 0.2) is 0 Å². The molecular weight excluding hydrogens is 572 g/mol. The molecule has 1 rings (SSSR count). The Bertz CT molecular complexity index is 797. The van der Waals surface area contributed by atoms with Gasteiger partial charge in [0, 0.05) is 0 Å². The van der Waals surface area contributed by atoms with E-state index in [2.05, 4.69) is 20.8 Å². The Morgan fingerprint density at radius 3 is 0.956 bits per heavy atom. The second-order valence-corrected chi connectivity index (χ2v) is 13.1. The molecule has 0 radical (unpaired) electrons. The van der Waals surface area contributed by atoms with Crippen molar-refractivity contribution in [3.63, 3.8) is 0 Å². The molecule has 0 saturated heterocycles. The monoisotopic (exact) mass is 638 g/mol. The third-order valence-corrected chi connectivity index (χ3v) is 9.19. The van der Waals surface area contributed by atoms with Crippen LogP contribution in [0.5, 0.6) is 0 Å². The first-order valence-corrected chi connectivity index (χ1v) is 18.6. The molecule has 262 valence electrons. The largest absolute Gasteiger partial charge is 0.481 e. The van der Waals surface area contributed by atoms with E-state index < -0.39 is 47.5 Å². The second-order valence-electron chi connectivity index (χ2n) is 13.1. The highest BCUT2D eigenvalue weighted by Crippen LogP contribution is 2.40. The summed E-state index contributed by atoms with van der Waals surface area (Å²) in [6.07, 6.45) is 22.4. The Balaban J connectivity index is 2.76. The summed E-state index contributed by atoms with van der Waals surface area (Å²) in [5.41, 5.74) is 0. The van der Waals surface area contributed by atoms with Gasteiger partial charge in [-0.05, 0) is 32.1 Å². The van der Waals surface area contributed by atoms with Crippen LogP contribution in [-0.2, 0) is 33.4 Å². The van der Waals surface area contributed by atoms with Crippen LogP contribution in [0.2, 0.25) is 0 Å². The molecule has 1 N–H and O–H groups in total. The summed E-state index contributed by atoms with van der Waals surface area (Å²) in [6.45, 7) is 7.26. The first-order valence-electron chi connectivity index (χ1n) is 18.6. The number of rotatable bonds is 28. The molecule has 1 fully saturated rings. The van der Waals surface area contributed by atoms with Crippen molar-refractivity contribution < 1.29 is 38.5 Å². The van der Waals surface area contributed by atoms with Crippen LogP contribution in [0, 0.1) is 23.7 Å². The van der Waals surface area contributed by atoms with Crippen molar-refractivity contribution in [1.82, 2.24) is 0 Å². The van der Waals surface area contributed by atoms with Crippen LogP contribution in [0.1, 0.15) is 168 Å². The van der Waals surface area contributed by atoms with E-state index in [1.807, 2.05) is 0 Å². The summed E-state index contributed by atoms with van der Waals surface area (Å²) >= 11 is 0. The lowest BCUT2D eigenvalue weighted by atomic mass is 9.68. The van der Waals surface area contributed by atoms with Crippen molar-refractivity contribution in [2.24, 2.45) is 23.7 Å². The van der Waals surface area contributed by atoms with Gasteiger partial charge in [-0.1, -0.05) is 136 Å². The zero-order chi connectivity index (χ0) is 33.1. The average molecular weight is 639 g/mol. The third-order valence-electron chi connectivity index (χ3n) is 9.19. The van der Waals surface area contributed by atoms with Gasteiger partial charge in [-0.3, -0.25) is 19.2 Å². The van der Waals surface area contributed by atoms with Gasteiger partial charge in [-0.25, -0.2) is 0 Å². The number of carboxylic acids is 1. The molecule has 1 aliphatic carbocycles. The number of hydrogen-bond acceptors (Lipinski definition) is 7. The summed E-state index contributed by atoms with van der Waals surface area (Å²) in [4.78, 5) is 52.0. The Morgan fingerprint density at radius 1 is 0.422 bits per heavy atom. The number of carboxylic acid groups (broad SMARTS) is 1. The van der Waals surface area contributed by atoms with Crippen molar-refractivity contribution in [3.05, 3.63) is 0 Å². The van der Waals surface area contributed by atoms with E-state index in [9.17, 15) is 24.3 Å². The minimum absolute atomic E-state index is 0.0835. The number of hydrogen-bond donors (Lipinski definition) is 1. The first-order chi connectivity index (χ1) is 21.9. The second kappa shape index (κ2) is 27.0. The summed E-state index contributed by atoms with van der Waals surface area (Å²) in [5.74, 6) is -6.88. The maximum Gasteiger partial charge on any atom is 0.309 e. The number of carbonyl (C=O) groups excluding carboxylic acids is 3. The van der Waals surface area contributed by atoms with Gasteiger partial charge in [0.1, 0.15) is 0 Å². The molecule has 0 aliphatic heterocycles. The Morgan fingerprint density at radius 2 is 0.667 bits per heavy atom. The topological polar surface area (TPSA) is 116 Å². The summed E-state index contributed by atoms with van der Waals surface area (Å²) in [7, 11) is 0. The summed E-state index contributed by atoms with van der Waals surface area (Å²) < 4.78 is 16.7. The van der Waals surface area contributed by atoms with Crippen molar-refractivity contribution in [1.29, 1.82) is 0 Å². The maximum absolute atomic E-state index is 13.3. The molecule has 8 heteroatoms. The molecule has 4 unspecified atom stereocenters. The molecule has 0 spiro atoms. The van der Waals surface area contributed by atoms with Gasteiger partial charge in [0.25, 0.3) is 0 Å². The van der Waals surface area contributed by atoms with E-state index in [1.165, 1.54) is 57.8 Å². The van der Waals surface area contributed by atoms with Crippen LogP contribution in [0.3, 0.4) is 0 Å². The number of unbranched alkanes of at least 4 members (excludes halogenated alkanes) is 18. The number of carbonyl (C=O) groups is 4. The van der Waals surface area contributed by atoms with E-state index in [-0.39, 0.29) is 32.7 Å². The SMILES string of the molecule is CCCCCCCCCOC(=O)C1CC(C(=O)OCCCCCCCCC)C(C(=O)OCCCCCCCCC)CC1C(=O)O. The third kappa shape index (κ3) is 18.6. The summed E-state index contributed by atoms with van der Waals surface area (Å²) in [5, 5.41) is 10.0. The smallest absolute Gasteiger partial charge is 0.309 e. The number of esters is 3. The highest BCUT2D eigenvalue weighted by molar-refractivity contribution is 5.87. The minimum atomic E-state index is -1.16. The highest BCUT2D eigenvalue weighted by atomic mass is 16.5. The van der Waals surface area contributed by atoms with Gasteiger partial charge < -0.3 is 19.3 Å². The zero-order valence-electron chi connectivity index (χ0n) is 29.0. The fourth-order valence-electron chi connectivity index (χ4n) is 6.28. The van der Waals surface area contributed by atoms with Crippen LogP contribution in [0.25, 0.3) is 0 Å². The van der Waals surface area contributed by atoms with E-state index in [0.29, 0.717) is 0 Å². The lowest BCUT2D eigenvalue weighted by molar-refractivity contribution is -0.174. The minimum Gasteiger partial charge on any atom is -0.481 e. The molecule has 45 heavy (non-hydrogen) atoms. The van der Waals surface area contributed by atoms with E-state index in [4.69, 9.17) is 14.2 Å². The molecule has 0 aromatic rings. The van der Waals surface area contributed by atoms with Gasteiger partial charge in [-0.15, -0.1) is 0 Å². The van der Waals surface area contributed by atoms with Crippen LogP contribution >= 0.6 is 0 Å². The van der Waals surface area contributed by atoms with Crippen LogP contribution in [-0.4, -0.2) is 48.8 Å². The molecule has 0 bridgehead atoms. The van der Waals surface area contributed by atoms with Gasteiger partial charge in [0.05, 0.1) is 43.5 Å². The normalized spacial score (nSPS) is 19.6. The first kappa shape index (κ1) is 40.9. The fourth-order valence-corrected chi connectivity index (χ4v) is 6.28. The Kier molecular flexibility index (Phi) is 24.6. The zero-order valence-corrected chi connectivity index (χ0v) is 29.0. The fraction of sp³-hybridized carbons (Fsp3) is 0.892. The van der Waals surface area contributed by atoms with Crippen molar-refractivity contribution in [2.75, 3.05) is 19.8 Å². The maximum atomic E-state index is 13.3. The van der Waals surface area contributed by atoms with Crippen molar-refractivity contribution in [2.45, 2.75) is 168 Å². The van der Waals surface area contributed by atoms with Crippen LogP contribution in [0.15, 0.2) is 0 Å². The van der Waals surface area contributed by atoms with Crippen LogP contribution < -0.4 is 0 Å². The Hall–Kier alpha value is -2.12. The number of aliphatic carboxylic acids is 1. The van der Waals surface area contributed by atoms with Crippen molar-refractivity contribution in [3.8, 4) is 0 Å². The molecule has 8 nitrogen and oxygen atoms in total. The van der Waals surface area contributed by atoms with Crippen molar-refractivity contribution >= 4 is 23.9 Å². The molecule has 0 aromatic heterocycles. The van der Waals surface area contributed by atoms with Gasteiger partial charge >= 0.3 is 23.9 Å². The molecule has 4 atom stereocenters. The van der Waals surface area contributed by atoms with E-state index in [1.54, 1.807) is 0 Å². The van der Waals surface area contributed by atoms with Gasteiger partial charge in [-0.2, -0.15) is 0 Å². The van der Waals surface area contributed by atoms with Gasteiger partial charge in [0.2, 0.25) is 0 Å². The van der Waals surface area contributed by atoms with E-state index >= 15 is 0 Å². The lowest BCUT2D eigenvalue weighted by Gasteiger charge is -2.36. The quantitative estimate of drug-likeness (QED) is 0.0512. The molecule has 0 amide bonds.